The molecule has 0 spiro atoms. The number of amides is 1. The fourth-order valence-electron chi connectivity index (χ4n) is 2.05. The van der Waals surface area contributed by atoms with Crippen LogP contribution in [0.3, 0.4) is 0 Å². The SMILES string of the molecule is COCCOc1ccc(NC(=O)CC2CNCCO2)cc1.Cl. The molecule has 0 radical (unpaired) electrons. The van der Waals surface area contributed by atoms with E-state index < -0.39 is 0 Å². The molecule has 0 saturated carbocycles. The van der Waals surface area contributed by atoms with Crippen molar-refractivity contribution in [1.29, 1.82) is 0 Å². The lowest BCUT2D eigenvalue weighted by molar-refractivity contribution is -0.119. The zero-order chi connectivity index (χ0) is 14.9. The molecule has 7 heteroatoms. The van der Waals surface area contributed by atoms with Gasteiger partial charge in [-0.1, -0.05) is 0 Å². The third-order valence-corrected chi connectivity index (χ3v) is 3.11. The van der Waals surface area contributed by atoms with Crippen molar-refractivity contribution in [2.24, 2.45) is 0 Å². The minimum atomic E-state index is -0.0459. The first-order valence-corrected chi connectivity index (χ1v) is 7.12. The summed E-state index contributed by atoms with van der Waals surface area (Å²) >= 11 is 0. The molecule has 1 aliphatic heterocycles. The quantitative estimate of drug-likeness (QED) is 0.741. The molecule has 2 rings (SSSR count). The van der Waals surface area contributed by atoms with Crippen molar-refractivity contribution < 1.29 is 19.0 Å². The molecule has 1 aliphatic rings. The first-order valence-electron chi connectivity index (χ1n) is 7.12. The molecule has 22 heavy (non-hydrogen) atoms. The molecule has 1 amide bonds. The summed E-state index contributed by atoms with van der Waals surface area (Å²) in [6, 6.07) is 7.29. The van der Waals surface area contributed by atoms with E-state index in [0.29, 0.717) is 26.2 Å². The Morgan fingerprint density at radius 2 is 2.14 bits per heavy atom. The minimum Gasteiger partial charge on any atom is -0.491 e. The van der Waals surface area contributed by atoms with Gasteiger partial charge >= 0.3 is 0 Å². The van der Waals surface area contributed by atoms with Crippen molar-refractivity contribution in [2.75, 3.05) is 45.3 Å². The third-order valence-electron chi connectivity index (χ3n) is 3.11. The Labute approximate surface area is 136 Å². The van der Waals surface area contributed by atoms with E-state index in [9.17, 15) is 4.79 Å². The summed E-state index contributed by atoms with van der Waals surface area (Å²) in [5.74, 6) is 0.710. The van der Waals surface area contributed by atoms with Gasteiger partial charge in [0.2, 0.25) is 5.91 Å². The Hall–Kier alpha value is -1.34. The molecule has 1 heterocycles. The third kappa shape index (κ3) is 6.62. The summed E-state index contributed by atoms with van der Waals surface area (Å²) < 4.78 is 15.9. The molecule has 1 atom stereocenters. The van der Waals surface area contributed by atoms with E-state index in [4.69, 9.17) is 14.2 Å². The standard InChI is InChI=1S/C15H22N2O4.ClH/c1-19-8-9-21-13-4-2-12(3-5-13)17-15(18)10-14-11-16-6-7-20-14;/h2-5,14,16H,6-11H2,1H3,(H,17,18);1H. The van der Waals surface area contributed by atoms with Crippen molar-refractivity contribution in [1.82, 2.24) is 5.32 Å². The largest absolute Gasteiger partial charge is 0.491 e. The Balaban J connectivity index is 0.00000242. The van der Waals surface area contributed by atoms with Crippen LogP contribution in [0.15, 0.2) is 24.3 Å². The second-order valence-corrected chi connectivity index (χ2v) is 4.81. The van der Waals surface area contributed by atoms with E-state index in [1.165, 1.54) is 0 Å². The normalized spacial score (nSPS) is 17.4. The van der Waals surface area contributed by atoms with Crippen molar-refractivity contribution in [2.45, 2.75) is 12.5 Å². The van der Waals surface area contributed by atoms with Crippen LogP contribution in [-0.2, 0) is 14.3 Å². The highest BCUT2D eigenvalue weighted by molar-refractivity contribution is 5.91. The van der Waals surface area contributed by atoms with Gasteiger partial charge in [-0.15, -0.1) is 12.4 Å². The van der Waals surface area contributed by atoms with Gasteiger partial charge in [0, 0.05) is 25.9 Å². The zero-order valence-electron chi connectivity index (χ0n) is 12.7. The van der Waals surface area contributed by atoms with Gasteiger partial charge in [0.1, 0.15) is 12.4 Å². The predicted molar refractivity (Wildman–Crippen MR) is 86.9 cm³/mol. The molecule has 1 aromatic carbocycles. The average molecular weight is 331 g/mol. The van der Waals surface area contributed by atoms with Crippen LogP contribution in [0.1, 0.15) is 6.42 Å². The van der Waals surface area contributed by atoms with Crippen LogP contribution in [0.5, 0.6) is 5.75 Å². The summed E-state index contributed by atoms with van der Waals surface area (Å²) in [4.78, 5) is 11.9. The molecule has 2 N–H and O–H groups in total. The fourth-order valence-corrected chi connectivity index (χ4v) is 2.05. The smallest absolute Gasteiger partial charge is 0.227 e. The van der Waals surface area contributed by atoms with Crippen LogP contribution in [0.4, 0.5) is 5.69 Å². The fraction of sp³-hybridized carbons (Fsp3) is 0.533. The summed E-state index contributed by atoms with van der Waals surface area (Å²) in [5.41, 5.74) is 0.753. The van der Waals surface area contributed by atoms with Gasteiger partial charge in [-0.2, -0.15) is 0 Å². The second-order valence-electron chi connectivity index (χ2n) is 4.81. The van der Waals surface area contributed by atoms with Crippen LogP contribution >= 0.6 is 12.4 Å². The minimum absolute atomic E-state index is 0. The maximum absolute atomic E-state index is 11.9. The molecule has 1 fully saturated rings. The van der Waals surface area contributed by atoms with Gasteiger partial charge in [0.05, 0.1) is 25.7 Å². The Morgan fingerprint density at radius 1 is 1.36 bits per heavy atom. The number of methoxy groups -OCH3 is 1. The van der Waals surface area contributed by atoms with Crippen molar-refractivity contribution in [3.05, 3.63) is 24.3 Å². The molecule has 6 nitrogen and oxygen atoms in total. The lowest BCUT2D eigenvalue weighted by Gasteiger charge is -2.23. The number of hydrogen-bond acceptors (Lipinski definition) is 5. The topological polar surface area (TPSA) is 68.8 Å². The molecular weight excluding hydrogens is 308 g/mol. The summed E-state index contributed by atoms with van der Waals surface area (Å²) in [6.45, 7) is 3.29. The number of hydrogen-bond donors (Lipinski definition) is 2. The van der Waals surface area contributed by atoms with Gasteiger partial charge in [0.25, 0.3) is 0 Å². The maximum atomic E-state index is 11.9. The van der Waals surface area contributed by atoms with Gasteiger partial charge in [-0.3, -0.25) is 4.79 Å². The van der Waals surface area contributed by atoms with E-state index in [2.05, 4.69) is 10.6 Å². The second kappa shape index (κ2) is 10.4. The number of anilines is 1. The van der Waals surface area contributed by atoms with Crippen LogP contribution in [0.2, 0.25) is 0 Å². The van der Waals surface area contributed by atoms with Gasteiger partial charge < -0.3 is 24.8 Å². The molecular formula is C15H23ClN2O4. The van der Waals surface area contributed by atoms with Gasteiger partial charge in [-0.05, 0) is 24.3 Å². The zero-order valence-corrected chi connectivity index (χ0v) is 13.5. The highest BCUT2D eigenvalue weighted by Crippen LogP contribution is 2.16. The molecule has 0 aliphatic carbocycles. The first-order chi connectivity index (χ1) is 10.3. The lowest BCUT2D eigenvalue weighted by atomic mass is 10.2. The highest BCUT2D eigenvalue weighted by atomic mass is 35.5. The van der Waals surface area contributed by atoms with E-state index in [1.54, 1.807) is 7.11 Å². The molecule has 0 aromatic heterocycles. The summed E-state index contributed by atoms with van der Waals surface area (Å²) in [5, 5.41) is 6.06. The number of nitrogens with one attached hydrogen (secondary N) is 2. The Kier molecular flexibility index (Phi) is 8.84. The first kappa shape index (κ1) is 18.7. The number of morpholine rings is 1. The molecule has 1 saturated heterocycles. The molecule has 0 bridgehead atoms. The van der Waals surface area contributed by atoms with Crippen molar-refractivity contribution in [3.8, 4) is 5.75 Å². The van der Waals surface area contributed by atoms with E-state index in [-0.39, 0.29) is 24.4 Å². The van der Waals surface area contributed by atoms with Crippen LogP contribution in [-0.4, -0.2) is 52.0 Å². The van der Waals surface area contributed by atoms with Crippen LogP contribution in [0, 0.1) is 0 Å². The molecule has 124 valence electrons. The average Bonchev–Trinajstić information content (AvgIpc) is 2.50. The summed E-state index contributed by atoms with van der Waals surface area (Å²) in [6.07, 6.45) is 0.314. The van der Waals surface area contributed by atoms with E-state index in [0.717, 1.165) is 24.5 Å². The number of halogens is 1. The Morgan fingerprint density at radius 3 is 2.77 bits per heavy atom. The van der Waals surface area contributed by atoms with E-state index >= 15 is 0 Å². The van der Waals surface area contributed by atoms with Gasteiger partial charge in [-0.25, -0.2) is 0 Å². The predicted octanol–water partition coefficient (Wildman–Crippen LogP) is 1.45. The Bertz CT molecular complexity index is 436. The van der Waals surface area contributed by atoms with Gasteiger partial charge in [0.15, 0.2) is 0 Å². The number of rotatable bonds is 7. The lowest BCUT2D eigenvalue weighted by Crippen LogP contribution is -2.40. The van der Waals surface area contributed by atoms with Crippen molar-refractivity contribution in [3.63, 3.8) is 0 Å². The number of benzene rings is 1. The number of carbonyl (C=O) groups excluding carboxylic acids is 1. The number of carbonyl (C=O) groups is 1. The number of ether oxygens (including phenoxy) is 3. The summed E-state index contributed by atoms with van der Waals surface area (Å²) in [7, 11) is 1.63. The van der Waals surface area contributed by atoms with Crippen LogP contribution in [0.25, 0.3) is 0 Å². The van der Waals surface area contributed by atoms with Crippen molar-refractivity contribution >= 4 is 24.0 Å². The molecule has 1 unspecified atom stereocenters. The highest BCUT2D eigenvalue weighted by Gasteiger charge is 2.17. The molecule has 1 aromatic rings. The van der Waals surface area contributed by atoms with E-state index in [1.807, 2.05) is 24.3 Å². The maximum Gasteiger partial charge on any atom is 0.227 e. The van der Waals surface area contributed by atoms with Crippen LogP contribution < -0.4 is 15.4 Å². The monoisotopic (exact) mass is 330 g/mol.